The van der Waals surface area contributed by atoms with E-state index < -0.39 is 0 Å². The van der Waals surface area contributed by atoms with Gasteiger partial charge >= 0.3 is 253 Å². The Labute approximate surface area is 251 Å². The number of hydrogen-bond donors (Lipinski definition) is 0. The summed E-state index contributed by atoms with van der Waals surface area (Å²) in [4.78, 5) is 0. The fraction of sp³-hybridized carbons (Fsp3) is 0.100. The summed E-state index contributed by atoms with van der Waals surface area (Å²) >= 11 is 0.384. The SMILES string of the molecule is Cc1ccc(C(=C(/C=C(/C#Cc2ccccc2)c2ccccc2)CC[Se]c2ccccc2)c2ccc(C)cc2)cc1. The van der Waals surface area contributed by atoms with E-state index in [2.05, 4.69) is 153 Å². The average molecular weight is 594 g/mol. The van der Waals surface area contributed by atoms with Crippen molar-refractivity contribution < 1.29 is 0 Å². The predicted molar refractivity (Wildman–Crippen MR) is 177 cm³/mol. The van der Waals surface area contributed by atoms with Gasteiger partial charge in [0.1, 0.15) is 0 Å². The van der Waals surface area contributed by atoms with E-state index in [-0.39, 0.29) is 0 Å². The van der Waals surface area contributed by atoms with E-state index in [0.717, 1.165) is 28.4 Å². The molecular formula is C40H34Se. The number of rotatable bonds is 8. The summed E-state index contributed by atoms with van der Waals surface area (Å²) < 4.78 is 1.43. The zero-order valence-electron chi connectivity index (χ0n) is 23.7. The third kappa shape index (κ3) is 8.09. The van der Waals surface area contributed by atoms with Gasteiger partial charge in [0.05, 0.1) is 0 Å². The first-order valence-electron chi connectivity index (χ1n) is 14.0. The molecule has 0 aromatic heterocycles. The summed E-state index contributed by atoms with van der Waals surface area (Å²) in [5.41, 5.74) is 10.8. The molecule has 5 aromatic carbocycles. The molecule has 0 amide bonds. The quantitative estimate of drug-likeness (QED) is 0.0957. The van der Waals surface area contributed by atoms with E-state index in [1.807, 2.05) is 18.2 Å². The van der Waals surface area contributed by atoms with E-state index in [4.69, 9.17) is 0 Å². The molecule has 41 heavy (non-hydrogen) atoms. The second kappa shape index (κ2) is 14.3. The zero-order valence-corrected chi connectivity index (χ0v) is 25.4. The molecule has 0 aliphatic carbocycles. The first-order valence-corrected chi connectivity index (χ1v) is 16.1. The van der Waals surface area contributed by atoms with Gasteiger partial charge in [0.25, 0.3) is 0 Å². The molecule has 0 saturated carbocycles. The van der Waals surface area contributed by atoms with Gasteiger partial charge in [-0.2, -0.15) is 0 Å². The van der Waals surface area contributed by atoms with Crippen molar-refractivity contribution in [1.82, 2.24) is 0 Å². The van der Waals surface area contributed by atoms with Crippen molar-refractivity contribution in [1.29, 1.82) is 0 Å². The standard InChI is InChI=1S/C40H34Se/c1-31-18-23-35(24-19-31)40(36-25-20-32(2)21-26-36)38(28-29-41-39-16-10-5-11-17-39)30-37(34-14-8-4-9-15-34)27-22-33-12-6-3-7-13-33/h3-21,23-26,30H,28-29H2,1-2H3/b37-30-. The Morgan fingerprint density at radius 2 is 1.10 bits per heavy atom. The predicted octanol–water partition coefficient (Wildman–Crippen LogP) is 9.08. The summed E-state index contributed by atoms with van der Waals surface area (Å²) in [6, 6.07) is 49.6. The van der Waals surface area contributed by atoms with Gasteiger partial charge in [-0.1, -0.05) is 0 Å². The summed E-state index contributed by atoms with van der Waals surface area (Å²) in [6.45, 7) is 4.30. The average Bonchev–Trinajstić information content (AvgIpc) is 3.02. The molecule has 0 nitrogen and oxygen atoms in total. The van der Waals surface area contributed by atoms with Gasteiger partial charge in [0, 0.05) is 0 Å². The Balaban J connectivity index is 1.68. The van der Waals surface area contributed by atoms with E-state index in [1.165, 1.54) is 37.9 Å². The fourth-order valence-electron chi connectivity index (χ4n) is 4.69. The van der Waals surface area contributed by atoms with Crippen molar-refractivity contribution in [3.05, 3.63) is 185 Å². The van der Waals surface area contributed by atoms with Crippen LogP contribution in [0.2, 0.25) is 5.32 Å². The fourth-order valence-corrected chi connectivity index (χ4v) is 6.59. The molecule has 0 bridgehead atoms. The molecule has 0 aliphatic heterocycles. The van der Waals surface area contributed by atoms with Crippen molar-refractivity contribution >= 4 is 30.6 Å². The molecule has 0 spiro atoms. The van der Waals surface area contributed by atoms with Crippen LogP contribution in [0.3, 0.4) is 0 Å². The summed E-state index contributed by atoms with van der Waals surface area (Å²) in [5.74, 6) is 6.98. The first-order chi connectivity index (χ1) is 20.2. The van der Waals surface area contributed by atoms with E-state index in [9.17, 15) is 0 Å². The van der Waals surface area contributed by atoms with Crippen LogP contribution < -0.4 is 4.46 Å². The van der Waals surface area contributed by atoms with E-state index in [0.29, 0.717) is 15.0 Å². The number of hydrogen-bond acceptors (Lipinski definition) is 0. The molecule has 0 unspecified atom stereocenters. The van der Waals surface area contributed by atoms with Crippen molar-refractivity contribution in [3.8, 4) is 11.8 Å². The second-order valence-electron chi connectivity index (χ2n) is 10.1. The third-order valence-electron chi connectivity index (χ3n) is 6.90. The first kappa shape index (κ1) is 28.2. The van der Waals surface area contributed by atoms with Crippen molar-refractivity contribution in [3.63, 3.8) is 0 Å². The topological polar surface area (TPSA) is 0 Å². The van der Waals surface area contributed by atoms with E-state index >= 15 is 0 Å². The molecule has 0 aliphatic rings. The monoisotopic (exact) mass is 594 g/mol. The number of aryl methyl sites for hydroxylation is 2. The Morgan fingerprint density at radius 3 is 1.66 bits per heavy atom. The Hall–Kier alpha value is -4.34. The Bertz CT molecular complexity index is 1620. The molecule has 0 fully saturated rings. The van der Waals surface area contributed by atoms with Gasteiger partial charge in [-0.05, 0) is 0 Å². The molecule has 0 N–H and O–H groups in total. The molecule has 5 rings (SSSR count). The van der Waals surface area contributed by atoms with Crippen LogP contribution in [-0.4, -0.2) is 15.0 Å². The summed E-state index contributed by atoms with van der Waals surface area (Å²) in [7, 11) is 0. The summed E-state index contributed by atoms with van der Waals surface area (Å²) in [5, 5.41) is 1.11. The molecule has 200 valence electrons. The van der Waals surface area contributed by atoms with Crippen LogP contribution >= 0.6 is 0 Å². The Kier molecular flexibility index (Phi) is 9.86. The zero-order chi connectivity index (χ0) is 28.3. The molecule has 0 saturated heterocycles. The van der Waals surface area contributed by atoms with Crippen molar-refractivity contribution in [2.45, 2.75) is 25.6 Å². The minimum absolute atomic E-state index is 0.384. The Morgan fingerprint density at radius 1 is 0.585 bits per heavy atom. The van der Waals surface area contributed by atoms with Crippen LogP contribution in [0, 0.1) is 25.7 Å². The van der Waals surface area contributed by atoms with Crippen molar-refractivity contribution in [2.75, 3.05) is 0 Å². The molecular weight excluding hydrogens is 559 g/mol. The maximum absolute atomic E-state index is 3.55. The summed E-state index contributed by atoms with van der Waals surface area (Å²) in [6.07, 6.45) is 3.32. The van der Waals surface area contributed by atoms with Gasteiger partial charge in [0.15, 0.2) is 0 Å². The van der Waals surface area contributed by atoms with Crippen LogP contribution in [-0.2, 0) is 0 Å². The van der Waals surface area contributed by atoms with Gasteiger partial charge in [0.2, 0.25) is 0 Å². The van der Waals surface area contributed by atoms with Crippen LogP contribution in [0.1, 0.15) is 39.8 Å². The van der Waals surface area contributed by atoms with Crippen LogP contribution in [0.15, 0.2) is 151 Å². The molecule has 5 aromatic rings. The van der Waals surface area contributed by atoms with Crippen LogP contribution in [0.4, 0.5) is 0 Å². The minimum atomic E-state index is 0.384. The number of allylic oxidation sites excluding steroid dienone is 3. The van der Waals surface area contributed by atoms with Crippen LogP contribution in [0.25, 0.3) is 11.1 Å². The van der Waals surface area contributed by atoms with Crippen LogP contribution in [0.5, 0.6) is 0 Å². The normalized spacial score (nSPS) is 10.9. The van der Waals surface area contributed by atoms with Gasteiger partial charge in [-0.15, -0.1) is 0 Å². The number of benzene rings is 5. The van der Waals surface area contributed by atoms with Gasteiger partial charge in [-0.3, -0.25) is 0 Å². The molecule has 1 heteroatoms. The van der Waals surface area contributed by atoms with E-state index in [1.54, 1.807) is 0 Å². The maximum atomic E-state index is 3.55. The van der Waals surface area contributed by atoms with Crippen molar-refractivity contribution in [2.24, 2.45) is 0 Å². The molecule has 0 atom stereocenters. The molecule has 0 radical (unpaired) electrons. The van der Waals surface area contributed by atoms with Gasteiger partial charge < -0.3 is 0 Å². The van der Waals surface area contributed by atoms with Gasteiger partial charge in [-0.25, -0.2) is 0 Å². The third-order valence-corrected chi connectivity index (χ3v) is 9.03. The molecule has 0 heterocycles. The second-order valence-corrected chi connectivity index (χ2v) is 12.5.